The van der Waals surface area contributed by atoms with Gasteiger partial charge in [0.1, 0.15) is 4.90 Å². The molecule has 0 saturated heterocycles. The minimum absolute atomic E-state index is 0.0156. The number of amides is 1. The van der Waals surface area contributed by atoms with Crippen LogP contribution in [0.15, 0.2) is 52.5 Å². The maximum Gasteiger partial charge on any atom is 0.276 e. The Morgan fingerprint density at radius 1 is 1.17 bits per heavy atom. The Balaban J connectivity index is 1.83. The molecule has 1 heterocycles. The second-order valence-corrected chi connectivity index (χ2v) is 9.47. The third-order valence-corrected chi connectivity index (χ3v) is 5.48. The first-order valence-electron chi connectivity index (χ1n) is 8.69. The molecule has 0 unspecified atom stereocenters. The summed E-state index contributed by atoms with van der Waals surface area (Å²) in [5.74, 6) is -0.355. The highest BCUT2D eigenvalue weighted by Crippen LogP contribution is 2.30. The van der Waals surface area contributed by atoms with Gasteiger partial charge >= 0.3 is 0 Å². The summed E-state index contributed by atoms with van der Waals surface area (Å²) in [6.45, 7) is 6.24. The van der Waals surface area contributed by atoms with Crippen molar-refractivity contribution in [3.8, 4) is 0 Å². The van der Waals surface area contributed by atoms with Gasteiger partial charge in [0.2, 0.25) is 10.0 Å². The first-order valence-corrected chi connectivity index (χ1v) is 10.6. The van der Waals surface area contributed by atoms with Gasteiger partial charge in [-0.25, -0.2) is 13.6 Å². The van der Waals surface area contributed by atoms with Crippen LogP contribution in [0.25, 0.3) is 0 Å². The monoisotopic (exact) mass is 431 g/mol. The lowest BCUT2D eigenvalue weighted by Gasteiger charge is -2.19. The number of primary sulfonamides is 1. The van der Waals surface area contributed by atoms with E-state index in [4.69, 9.17) is 17.4 Å². The van der Waals surface area contributed by atoms with Gasteiger partial charge < -0.3 is 10.6 Å². The minimum Gasteiger partial charge on any atom is -0.330 e. The SMILES string of the molecule is CC(C)(C)c1ccc2c(c1)C(=NNC(=S)Nc1ccccc1S(N)(=O)=O)C(=O)N2. The van der Waals surface area contributed by atoms with E-state index < -0.39 is 10.0 Å². The number of sulfonamides is 1. The fourth-order valence-electron chi connectivity index (χ4n) is 2.81. The molecule has 5 N–H and O–H groups in total. The molecule has 8 nitrogen and oxygen atoms in total. The third-order valence-electron chi connectivity index (χ3n) is 4.32. The molecule has 0 bridgehead atoms. The number of thiocarbonyl (C=S) groups is 1. The lowest BCUT2D eigenvalue weighted by molar-refractivity contribution is -0.110. The Morgan fingerprint density at radius 2 is 1.86 bits per heavy atom. The van der Waals surface area contributed by atoms with Crippen molar-refractivity contribution in [2.24, 2.45) is 10.2 Å². The molecule has 0 saturated carbocycles. The number of carbonyl (C=O) groups is 1. The highest BCUT2D eigenvalue weighted by Gasteiger charge is 2.28. The van der Waals surface area contributed by atoms with Crippen molar-refractivity contribution < 1.29 is 13.2 Å². The summed E-state index contributed by atoms with van der Waals surface area (Å²) in [6, 6.07) is 11.8. The van der Waals surface area contributed by atoms with Crippen LogP contribution in [0, 0.1) is 0 Å². The number of anilines is 2. The largest absolute Gasteiger partial charge is 0.330 e. The van der Waals surface area contributed by atoms with Gasteiger partial charge in [0, 0.05) is 5.56 Å². The van der Waals surface area contributed by atoms with Crippen molar-refractivity contribution in [3.63, 3.8) is 0 Å². The number of hydrogen-bond donors (Lipinski definition) is 4. The molecule has 1 aliphatic heterocycles. The average Bonchev–Trinajstić information content (AvgIpc) is 2.93. The van der Waals surface area contributed by atoms with E-state index in [1.165, 1.54) is 12.1 Å². The Kier molecular flexibility index (Phi) is 5.44. The number of carbonyl (C=O) groups excluding carboxylic acids is 1. The first-order chi connectivity index (χ1) is 13.5. The van der Waals surface area contributed by atoms with Crippen LogP contribution in [-0.2, 0) is 20.2 Å². The lowest BCUT2D eigenvalue weighted by atomic mass is 9.86. The molecule has 1 amide bonds. The molecule has 1 aliphatic rings. The maximum atomic E-state index is 12.3. The standard InChI is InChI=1S/C19H21N5O3S2/c1-19(2,3)11-8-9-13-12(10-11)16(17(25)21-13)23-24-18(28)22-14-6-4-5-7-15(14)29(20,26)27/h4-10H,1-3H3,(H2,20,26,27)(H,21,23,25)(H2,22,24,28). The number of hydrogen-bond acceptors (Lipinski definition) is 5. The van der Waals surface area contributed by atoms with Crippen LogP contribution in [0.5, 0.6) is 0 Å². The van der Waals surface area contributed by atoms with Gasteiger partial charge in [-0.1, -0.05) is 39.0 Å². The van der Waals surface area contributed by atoms with Gasteiger partial charge in [0.25, 0.3) is 5.91 Å². The molecule has 3 rings (SSSR count). The molecule has 0 aliphatic carbocycles. The summed E-state index contributed by atoms with van der Waals surface area (Å²) < 4.78 is 23.4. The van der Waals surface area contributed by atoms with E-state index >= 15 is 0 Å². The van der Waals surface area contributed by atoms with Gasteiger partial charge in [-0.2, -0.15) is 5.10 Å². The van der Waals surface area contributed by atoms with E-state index in [0.29, 0.717) is 11.3 Å². The van der Waals surface area contributed by atoms with Gasteiger partial charge in [-0.15, -0.1) is 0 Å². The number of para-hydroxylation sites is 1. The number of fused-ring (bicyclic) bond motifs is 1. The van der Waals surface area contributed by atoms with Gasteiger partial charge in [-0.3, -0.25) is 10.2 Å². The van der Waals surface area contributed by atoms with Gasteiger partial charge in [-0.05, 0) is 47.5 Å². The van der Waals surface area contributed by atoms with Crippen LogP contribution in [0.1, 0.15) is 31.9 Å². The number of nitrogens with zero attached hydrogens (tertiary/aromatic N) is 1. The molecule has 29 heavy (non-hydrogen) atoms. The van der Waals surface area contributed by atoms with E-state index in [1.807, 2.05) is 18.2 Å². The van der Waals surface area contributed by atoms with Crippen molar-refractivity contribution in [1.82, 2.24) is 5.43 Å². The highest BCUT2D eigenvalue weighted by molar-refractivity contribution is 7.89. The predicted molar refractivity (Wildman–Crippen MR) is 117 cm³/mol. The van der Waals surface area contributed by atoms with Crippen LogP contribution in [0.3, 0.4) is 0 Å². The molecule has 0 spiro atoms. The molecule has 152 valence electrons. The second kappa shape index (κ2) is 7.54. The quantitative estimate of drug-likeness (QED) is 0.436. The molecule has 2 aromatic rings. The number of benzene rings is 2. The predicted octanol–water partition coefficient (Wildman–Crippen LogP) is 2.27. The summed E-state index contributed by atoms with van der Waals surface area (Å²) in [5.41, 5.74) is 5.30. The summed E-state index contributed by atoms with van der Waals surface area (Å²) >= 11 is 5.18. The zero-order valence-electron chi connectivity index (χ0n) is 16.1. The minimum atomic E-state index is -3.93. The Hall–Kier alpha value is -2.82. The molecular weight excluding hydrogens is 410 g/mol. The van der Waals surface area contributed by atoms with Crippen molar-refractivity contribution in [1.29, 1.82) is 0 Å². The number of hydrazone groups is 1. The van der Waals surface area contributed by atoms with E-state index in [0.717, 1.165) is 5.56 Å². The Labute approximate surface area is 174 Å². The van der Waals surface area contributed by atoms with Crippen molar-refractivity contribution in [2.75, 3.05) is 10.6 Å². The fraction of sp³-hybridized carbons (Fsp3) is 0.211. The Morgan fingerprint density at radius 3 is 2.52 bits per heavy atom. The summed E-state index contributed by atoms with van der Waals surface area (Å²) in [7, 11) is -3.93. The third kappa shape index (κ3) is 4.61. The number of nitrogens with one attached hydrogen (secondary N) is 3. The van der Waals surface area contributed by atoms with Crippen LogP contribution in [0.2, 0.25) is 0 Å². The van der Waals surface area contributed by atoms with Crippen LogP contribution in [0.4, 0.5) is 11.4 Å². The average molecular weight is 432 g/mol. The second-order valence-electron chi connectivity index (χ2n) is 7.53. The lowest BCUT2D eigenvalue weighted by Crippen LogP contribution is -2.28. The molecule has 0 radical (unpaired) electrons. The molecule has 0 aromatic heterocycles. The van der Waals surface area contributed by atoms with E-state index in [1.54, 1.807) is 12.1 Å². The van der Waals surface area contributed by atoms with Crippen molar-refractivity contribution >= 4 is 50.3 Å². The van der Waals surface area contributed by atoms with Crippen LogP contribution in [-0.4, -0.2) is 25.1 Å². The Bertz CT molecular complexity index is 1130. The maximum absolute atomic E-state index is 12.3. The zero-order valence-corrected chi connectivity index (χ0v) is 17.7. The fourth-order valence-corrected chi connectivity index (χ4v) is 3.65. The summed E-state index contributed by atoms with van der Waals surface area (Å²) in [6.07, 6.45) is 0. The summed E-state index contributed by atoms with van der Waals surface area (Å²) in [5, 5.41) is 14.9. The van der Waals surface area contributed by atoms with Gasteiger partial charge in [0.15, 0.2) is 10.8 Å². The highest BCUT2D eigenvalue weighted by atomic mass is 32.2. The molecule has 2 aromatic carbocycles. The van der Waals surface area contributed by atoms with E-state index in [2.05, 4.69) is 41.9 Å². The molecule has 0 atom stereocenters. The normalized spacial score (nSPS) is 15.0. The topological polar surface area (TPSA) is 126 Å². The smallest absolute Gasteiger partial charge is 0.276 e. The van der Waals surface area contributed by atoms with E-state index in [-0.39, 0.29) is 32.7 Å². The van der Waals surface area contributed by atoms with Crippen molar-refractivity contribution in [3.05, 3.63) is 53.6 Å². The molecule has 0 fully saturated rings. The van der Waals surface area contributed by atoms with Crippen LogP contribution < -0.4 is 21.2 Å². The van der Waals surface area contributed by atoms with Crippen molar-refractivity contribution in [2.45, 2.75) is 31.1 Å². The van der Waals surface area contributed by atoms with E-state index in [9.17, 15) is 13.2 Å². The molecular formula is C19H21N5O3S2. The van der Waals surface area contributed by atoms with Gasteiger partial charge in [0.05, 0.1) is 11.4 Å². The summed E-state index contributed by atoms with van der Waals surface area (Å²) in [4.78, 5) is 12.2. The number of nitrogens with two attached hydrogens (primary N) is 1. The zero-order chi connectivity index (χ0) is 21.4. The number of rotatable bonds is 3. The van der Waals surface area contributed by atoms with Crippen LogP contribution >= 0.6 is 12.2 Å². The molecule has 10 heteroatoms. The first kappa shape index (κ1) is 20.9.